The monoisotopic (exact) mass is 482 g/mol. The summed E-state index contributed by atoms with van der Waals surface area (Å²) in [6, 6.07) is 0.663. The van der Waals surface area contributed by atoms with Crippen LogP contribution in [0.3, 0.4) is 0 Å². The molecule has 0 spiro atoms. The normalized spacial score (nSPS) is 23.9. The van der Waals surface area contributed by atoms with E-state index in [1.165, 1.54) is 19.4 Å². The third-order valence-electron chi connectivity index (χ3n) is 5.17. The first kappa shape index (κ1) is 23.9. The van der Waals surface area contributed by atoms with E-state index >= 15 is 0 Å². The van der Waals surface area contributed by atoms with Gasteiger partial charge in [-0.15, -0.1) is 24.0 Å². The molecule has 0 saturated carbocycles. The van der Waals surface area contributed by atoms with E-state index in [1.807, 2.05) is 0 Å². The Labute approximate surface area is 177 Å². The average molecular weight is 482 g/mol. The SMILES string of the molecule is CCNC(=NCCCOCC1CCOC1)N(C)CC1CCCN1CC.I. The fourth-order valence-electron chi connectivity index (χ4n) is 3.71. The van der Waals surface area contributed by atoms with Crippen LogP contribution >= 0.6 is 24.0 Å². The van der Waals surface area contributed by atoms with Gasteiger partial charge in [0, 0.05) is 51.9 Å². The van der Waals surface area contributed by atoms with Crippen molar-refractivity contribution in [2.75, 3.05) is 66.2 Å². The number of hydrogen-bond donors (Lipinski definition) is 1. The molecule has 7 heteroatoms. The lowest BCUT2D eigenvalue weighted by atomic mass is 10.1. The number of likely N-dealkylation sites (tertiary alicyclic amines) is 1. The second kappa shape index (κ2) is 14.0. The molecule has 2 rings (SSSR count). The Kier molecular flexibility index (Phi) is 12.8. The largest absolute Gasteiger partial charge is 0.381 e. The molecule has 0 amide bonds. The minimum atomic E-state index is 0. The Morgan fingerprint density at radius 3 is 2.88 bits per heavy atom. The van der Waals surface area contributed by atoms with Crippen molar-refractivity contribution < 1.29 is 9.47 Å². The predicted octanol–water partition coefficient (Wildman–Crippen LogP) is 2.43. The lowest BCUT2D eigenvalue weighted by Crippen LogP contribution is -2.46. The molecule has 0 radical (unpaired) electrons. The van der Waals surface area contributed by atoms with Crippen molar-refractivity contribution in [1.82, 2.24) is 15.1 Å². The van der Waals surface area contributed by atoms with Gasteiger partial charge in [-0.25, -0.2) is 0 Å². The Hall–Kier alpha value is -0.120. The van der Waals surface area contributed by atoms with Gasteiger partial charge in [0.25, 0.3) is 0 Å². The number of nitrogens with zero attached hydrogens (tertiary/aromatic N) is 3. The minimum Gasteiger partial charge on any atom is -0.381 e. The molecule has 2 aliphatic heterocycles. The van der Waals surface area contributed by atoms with Crippen molar-refractivity contribution in [3.05, 3.63) is 0 Å². The molecule has 2 saturated heterocycles. The van der Waals surface area contributed by atoms with Gasteiger partial charge in [-0.3, -0.25) is 9.89 Å². The van der Waals surface area contributed by atoms with Crippen LogP contribution in [0.1, 0.15) is 39.5 Å². The van der Waals surface area contributed by atoms with E-state index in [2.05, 4.69) is 36.0 Å². The zero-order chi connectivity index (χ0) is 17.9. The molecule has 0 aliphatic carbocycles. The van der Waals surface area contributed by atoms with Crippen LogP contribution in [0.25, 0.3) is 0 Å². The fraction of sp³-hybridized carbons (Fsp3) is 0.947. The second-order valence-corrected chi connectivity index (χ2v) is 7.20. The number of nitrogens with one attached hydrogen (secondary N) is 1. The van der Waals surface area contributed by atoms with Crippen molar-refractivity contribution in [2.24, 2.45) is 10.9 Å². The van der Waals surface area contributed by atoms with Crippen LogP contribution in [-0.2, 0) is 9.47 Å². The van der Waals surface area contributed by atoms with E-state index in [-0.39, 0.29) is 24.0 Å². The molecule has 0 aromatic heterocycles. The molecule has 0 bridgehead atoms. The van der Waals surface area contributed by atoms with Gasteiger partial charge in [0.1, 0.15) is 0 Å². The molecular weight excluding hydrogens is 443 g/mol. The summed E-state index contributed by atoms with van der Waals surface area (Å²) in [5, 5.41) is 3.42. The third-order valence-corrected chi connectivity index (χ3v) is 5.17. The van der Waals surface area contributed by atoms with E-state index in [1.54, 1.807) is 0 Å². The van der Waals surface area contributed by atoms with Crippen LogP contribution in [0.4, 0.5) is 0 Å². The van der Waals surface area contributed by atoms with Gasteiger partial charge in [-0.05, 0) is 45.7 Å². The van der Waals surface area contributed by atoms with Gasteiger partial charge in [-0.1, -0.05) is 6.92 Å². The predicted molar refractivity (Wildman–Crippen MR) is 119 cm³/mol. The van der Waals surface area contributed by atoms with E-state index in [0.29, 0.717) is 12.0 Å². The average Bonchev–Trinajstić information content (AvgIpc) is 3.28. The zero-order valence-corrected chi connectivity index (χ0v) is 19.2. The highest BCUT2D eigenvalue weighted by molar-refractivity contribution is 14.0. The Balaban J connectivity index is 0.00000338. The van der Waals surface area contributed by atoms with Crippen LogP contribution in [0.15, 0.2) is 4.99 Å². The number of likely N-dealkylation sites (N-methyl/N-ethyl adjacent to an activating group) is 2. The maximum absolute atomic E-state index is 5.77. The van der Waals surface area contributed by atoms with Crippen LogP contribution in [0.2, 0.25) is 0 Å². The van der Waals surface area contributed by atoms with Crippen molar-refractivity contribution in [3.8, 4) is 0 Å². The van der Waals surface area contributed by atoms with Gasteiger partial charge in [-0.2, -0.15) is 0 Å². The number of ether oxygens (including phenoxy) is 2. The third kappa shape index (κ3) is 8.27. The number of guanidine groups is 1. The van der Waals surface area contributed by atoms with Crippen LogP contribution in [0, 0.1) is 5.92 Å². The molecule has 26 heavy (non-hydrogen) atoms. The Bertz CT molecular complexity index is 392. The molecule has 2 heterocycles. The first-order chi connectivity index (χ1) is 12.2. The highest BCUT2D eigenvalue weighted by Crippen LogP contribution is 2.17. The summed E-state index contributed by atoms with van der Waals surface area (Å²) in [7, 11) is 2.16. The van der Waals surface area contributed by atoms with Crippen LogP contribution in [0.5, 0.6) is 0 Å². The van der Waals surface area contributed by atoms with Crippen molar-refractivity contribution in [2.45, 2.75) is 45.6 Å². The molecule has 2 fully saturated rings. The van der Waals surface area contributed by atoms with Crippen LogP contribution in [-0.4, -0.2) is 88.0 Å². The fourth-order valence-corrected chi connectivity index (χ4v) is 3.71. The molecule has 1 N–H and O–H groups in total. The lowest BCUT2D eigenvalue weighted by Gasteiger charge is -2.29. The molecular formula is C19H39IN4O2. The lowest BCUT2D eigenvalue weighted by molar-refractivity contribution is 0.0893. The summed E-state index contributed by atoms with van der Waals surface area (Å²) in [5.74, 6) is 1.62. The van der Waals surface area contributed by atoms with Gasteiger partial charge < -0.3 is 19.7 Å². The van der Waals surface area contributed by atoms with Crippen molar-refractivity contribution >= 4 is 29.9 Å². The summed E-state index contributed by atoms with van der Waals surface area (Å²) in [6.45, 7) is 12.9. The Morgan fingerprint density at radius 1 is 1.35 bits per heavy atom. The van der Waals surface area contributed by atoms with Crippen molar-refractivity contribution in [3.63, 3.8) is 0 Å². The smallest absolute Gasteiger partial charge is 0.193 e. The van der Waals surface area contributed by atoms with E-state index < -0.39 is 0 Å². The molecule has 2 atom stereocenters. The second-order valence-electron chi connectivity index (χ2n) is 7.20. The van der Waals surface area contributed by atoms with Crippen molar-refractivity contribution in [1.29, 1.82) is 0 Å². The quantitative estimate of drug-likeness (QED) is 0.224. The maximum atomic E-state index is 5.77. The molecule has 0 aromatic rings. The summed E-state index contributed by atoms with van der Waals surface area (Å²) >= 11 is 0. The van der Waals surface area contributed by atoms with E-state index in [4.69, 9.17) is 14.5 Å². The number of halogens is 1. The van der Waals surface area contributed by atoms with Gasteiger partial charge in [0.2, 0.25) is 0 Å². The summed E-state index contributed by atoms with van der Waals surface area (Å²) < 4.78 is 11.1. The zero-order valence-electron chi connectivity index (χ0n) is 16.9. The minimum absolute atomic E-state index is 0. The molecule has 6 nitrogen and oxygen atoms in total. The first-order valence-electron chi connectivity index (χ1n) is 10.1. The van der Waals surface area contributed by atoms with Gasteiger partial charge >= 0.3 is 0 Å². The van der Waals surface area contributed by atoms with Gasteiger partial charge in [0.05, 0.1) is 13.2 Å². The maximum Gasteiger partial charge on any atom is 0.193 e. The standard InChI is InChI=1S/C19H38N4O2.HI/c1-4-20-19(22(3)14-18-8-6-11-23(18)5-2)21-10-7-12-24-15-17-9-13-25-16-17;/h17-18H,4-16H2,1-3H3,(H,20,21);1H. The Morgan fingerprint density at radius 2 is 2.19 bits per heavy atom. The number of aliphatic imine (C=N–C) groups is 1. The van der Waals surface area contributed by atoms with Gasteiger partial charge in [0.15, 0.2) is 5.96 Å². The number of rotatable bonds is 10. The summed E-state index contributed by atoms with van der Waals surface area (Å²) in [6.07, 6.45) is 4.74. The highest BCUT2D eigenvalue weighted by atomic mass is 127. The number of hydrogen-bond acceptors (Lipinski definition) is 4. The molecule has 0 aromatic carbocycles. The summed E-state index contributed by atoms with van der Waals surface area (Å²) in [4.78, 5) is 9.66. The highest BCUT2D eigenvalue weighted by Gasteiger charge is 2.24. The summed E-state index contributed by atoms with van der Waals surface area (Å²) in [5.41, 5.74) is 0. The molecule has 2 aliphatic rings. The topological polar surface area (TPSA) is 49.3 Å². The van der Waals surface area contributed by atoms with E-state index in [0.717, 1.165) is 71.4 Å². The molecule has 154 valence electrons. The van der Waals surface area contributed by atoms with Crippen LogP contribution < -0.4 is 5.32 Å². The first-order valence-corrected chi connectivity index (χ1v) is 10.1. The molecule has 2 unspecified atom stereocenters. The van der Waals surface area contributed by atoms with E-state index in [9.17, 15) is 0 Å².